The predicted molar refractivity (Wildman–Crippen MR) is 115 cm³/mol. The number of benzene rings is 1. The van der Waals surface area contributed by atoms with Crippen LogP contribution in [0.1, 0.15) is 25.1 Å². The summed E-state index contributed by atoms with van der Waals surface area (Å²) < 4.78 is 14.2. The van der Waals surface area contributed by atoms with Crippen molar-refractivity contribution in [3.8, 4) is 28.5 Å². The minimum Gasteiger partial charge on any atom is -0.611 e. The first kappa shape index (κ1) is 19.2. The molecule has 0 aliphatic rings. The Morgan fingerprint density at radius 2 is 1.72 bits per heavy atom. The van der Waals surface area contributed by atoms with E-state index in [0.29, 0.717) is 11.2 Å². The second kappa shape index (κ2) is 7.70. The fourth-order valence-corrected chi connectivity index (χ4v) is 4.16. The molecule has 29 heavy (non-hydrogen) atoms. The lowest BCUT2D eigenvalue weighted by Gasteiger charge is -2.14. The third-order valence-electron chi connectivity index (χ3n) is 4.78. The molecular formula is C23H20N4OS. The minimum absolute atomic E-state index is 0.0699. The number of hydrogen-bond acceptors (Lipinski definition) is 4. The normalized spacial score (nSPS) is 12.3. The molecule has 1 aromatic carbocycles. The maximum Gasteiger partial charge on any atom is 0.155 e. The zero-order chi connectivity index (χ0) is 20.5. The molecule has 0 aliphatic heterocycles. The molecule has 4 rings (SSSR count). The molecule has 0 bridgehead atoms. The average molecular weight is 401 g/mol. The van der Waals surface area contributed by atoms with E-state index in [2.05, 4.69) is 16.0 Å². The van der Waals surface area contributed by atoms with Gasteiger partial charge >= 0.3 is 0 Å². The van der Waals surface area contributed by atoms with E-state index in [1.807, 2.05) is 80.0 Å². The van der Waals surface area contributed by atoms with Gasteiger partial charge < -0.3 is 4.55 Å². The molecule has 0 aliphatic carbocycles. The molecule has 5 nitrogen and oxygen atoms in total. The van der Waals surface area contributed by atoms with Gasteiger partial charge in [-0.05, 0) is 68.3 Å². The number of rotatable bonds is 4. The molecule has 0 saturated carbocycles. The van der Waals surface area contributed by atoms with Crippen LogP contribution in [0.15, 0.2) is 66.0 Å². The third kappa shape index (κ3) is 3.63. The number of nitriles is 1. The van der Waals surface area contributed by atoms with Gasteiger partial charge in [-0.3, -0.25) is 9.38 Å². The fraction of sp³-hybridized carbons (Fsp3) is 0.174. The maximum atomic E-state index is 12.3. The van der Waals surface area contributed by atoms with Gasteiger partial charge in [0.25, 0.3) is 0 Å². The van der Waals surface area contributed by atoms with Crippen molar-refractivity contribution in [3.63, 3.8) is 0 Å². The summed E-state index contributed by atoms with van der Waals surface area (Å²) >= 11 is -1.03. The van der Waals surface area contributed by atoms with Gasteiger partial charge in [0.15, 0.2) is 10.5 Å². The number of pyridine rings is 2. The van der Waals surface area contributed by atoms with E-state index in [0.717, 1.165) is 33.0 Å². The Morgan fingerprint density at radius 1 is 1.00 bits per heavy atom. The van der Waals surface area contributed by atoms with Crippen LogP contribution < -0.4 is 0 Å². The third-order valence-corrected chi connectivity index (χ3v) is 6.37. The molecule has 6 heteroatoms. The Labute approximate surface area is 172 Å². The van der Waals surface area contributed by atoms with Crippen LogP contribution in [-0.2, 0) is 11.2 Å². The molecule has 144 valence electrons. The van der Waals surface area contributed by atoms with Gasteiger partial charge in [-0.15, -0.1) is 0 Å². The van der Waals surface area contributed by atoms with E-state index in [-0.39, 0.29) is 5.25 Å². The highest BCUT2D eigenvalue weighted by Gasteiger charge is 2.17. The highest BCUT2D eigenvalue weighted by molar-refractivity contribution is 7.92. The molecule has 0 amide bonds. The van der Waals surface area contributed by atoms with Crippen LogP contribution in [0.3, 0.4) is 0 Å². The Bertz CT molecular complexity index is 1200. The van der Waals surface area contributed by atoms with Crippen molar-refractivity contribution >= 4 is 16.8 Å². The molecule has 4 aromatic rings. The zero-order valence-electron chi connectivity index (χ0n) is 16.5. The Hall–Kier alpha value is -3.14. The summed E-state index contributed by atoms with van der Waals surface area (Å²) in [5, 5.41) is 9.70. The maximum absolute atomic E-state index is 12.3. The lowest BCUT2D eigenvalue weighted by atomic mass is 10.1. The van der Waals surface area contributed by atoms with Crippen LogP contribution in [0.4, 0.5) is 0 Å². The van der Waals surface area contributed by atoms with Gasteiger partial charge in [0.05, 0.1) is 17.5 Å². The van der Waals surface area contributed by atoms with E-state index in [1.54, 1.807) is 6.20 Å². The molecule has 3 aromatic heterocycles. The number of hydrogen-bond donors (Lipinski definition) is 0. The molecule has 3 heterocycles. The topological polar surface area (TPSA) is 77.0 Å². The predicted octanol–water partition coefficient (Wildman–Crippen LogP) is 4.76. The summed E-state index contributed by atoms with van der Waals surface area (Å²) in [7, 11) is 0. The molecular weight excluding hydrogens is 380 g/mol. The number of aryl methyl sites for hydroxylation is 1. The van der Waals surface area contributed by atoms with Crippen molar-refractivity contribution in [2.24, 2.45) is 0 Å². The van der Waals surface area contributed by atoms with E-state index in [9.17, 15) is 9.81 Å². The minimum atomic E-state index is -1.03. The quantitative estimate of drug-likeness (QED) is 0.463. The van der Waals surface area contributed by atoms with Crippen LogP contribution in [0, 0.1) is 18.3 Å². The monoisotopic (exact) mass is 400 g/mol. The molecule has 1 atom stereocenters. The number of aromatic nitrogens is 3. The number of imidazole rings is 1. The summed E-state index contributed by atoms with van der Waals surface area (Å²) in [5.41, 5.74) is 5.73. The second-order valence-corrected chi connectivity index (χ2v) is 9.16. The van der Waals surface area contributed by atoms with Crippen molar-refractivity contribution in [3.05, 3.63) is 72.3 Å². The second-order valence-electron chi connectivity index (χ2n) is 7.15. The number of fused-ring (bicyclic) bond motifs is 1. The van der Waals surface area contributed by atoms with Crippen molar-refractivity contribution in [2.45, 2.75) is 30.9 Å². The van der Waals surface area contributed by atoms with E-state index in [1.165, 1.54) is 0 Å². The molecule has 1 unspecified atom stereocenters. The largest absolute Gasteiger partial charge is 0.611 e. The zero-order valence-corrected chi connectivity index (χ0v) is 17.3. The summed E-state index contributed by atoms with van der Waals surface area (Å²) in [6.45, 7) is 5.83. The summed E-state index contributed by atoms with van der Waals surface area (Å²) in [5.74, 6) is 0. The van der Waals surface area contributed by atoms with Crippen LogP contribution in [0.5, 0.6) is 0 Å². The Balaban J connectivity index is 1.83. The molecule has 0 radical (unpaired) electrons. The lowest BCUT2D eigenvalue weighted by Crippen LogP contribution is -2.13. The summed E-state index contributed by atoms with van der Waals surface area (Å²) in [6, 6.07) is 15.7. The molecule has 0 N–H and O–H groups in total. The first-order chi connectivity index (χ1) is 14.0. The van der Waals surface area contributed by atoms with Crippen molar-refractivity contribution in [1.82, 2.24) is 14.4 Å². The fourth-order valence-electron chi connectivity index (χ4n) is 3.21. The van der Waals surface area contributed by atoms with Gasteiger partial charge in [-0.1, -0.05) is 6.07 Å². The van der Waals surface area contributed by atoms with Crippen LogP contribution in [0.25, 0.3) is 28.0 Å². The lowest BCUT2D eigenvalue weighted by molar-refractivity contribution is 0.586. The Morgan fingerprint density at radius 3 is 2.34 bits per heavy atom. The average Bonchev–Trinajstić information content (AvgIpc) is 3.17. The van der Waals surface area contributed by atoms with Crippen molar-refractivity contribution in [2.75, 3.05) is 0 Å². The molecule has 0 saturated heterocycles. The summed E-state index contributed by atoms with van der Waals surface area (Å²) in [4.78, 5) is 9.64. The van der Waals surface area contributed by atoms with Gasteiger partial charge in [-0.2, -0.15) is 5.26 Å². The van der Waals surface area contributed by atoms with Gasteiger partial charge in [0, 0.05) is 34.8 Å². The van der Waals surface area contributed by atoms with Crippen LogP contribution in [-0.4, -0.2) is 24.2 Å². The highest BCUT2D eigenvalue weighted by Crippen LogP contribution is 2.28. The highest BCUT2D eigenvalue weighted by atomic mass is 32.2. The van der Waals surface area contributed by atoms with Crippen molar-refractivity contribution in [1.29, 1.82) is 5.26 Å². The first-order valence-corrected chi connectivity index (χ1v) is 10.5. The van der Waals surface area contributed by atoms with Gasteiger partial charge in [-0.25, -0.2) is 4.98 Å². The van der Waals surface area contributed by atoms with Crippen LogP contribution >= 0.6 is 0 Å². The number of nitrogens with zero attached hydrogens (tertiary/aromatic N) is 4. The van der Waals surface area contributed by atoms with E-state index >= 15 is 0 Å². The first-order valence-electron chi connectivity index (χ1n) is 9.33. The smallest absolute Gasteiger partial charge is 0.155 e. The van der Waals surface area contributed by atoms with Gasteiger partial charge in [0.2, 0.25) is 0 Å². The Kier molecular flexibility index (Phi) is 5.10. The van der Waals surface area contributed by atoms with Crippen molar-refractivity contribution < 1.29 is 4.55 Å². The van der Waals surface area contributed by atoms with Gasteiger partial charge in [0.1, 0.15) is 11.3 Å². The SMILES string of the molecule is Cc1ccc(-c2cc(C#N)c3ncc(-c4ccc([S+]([O-])C(C)C)cc4)n3c2)cn1. The standard InChI is InChI=1S/C23H20N4OS/c1-15(2)29(28)21-8-6-17(7-9-21)22-13-26-23-19(11-24)10-20(14-27(22)23)18-5-4-16(3)25-12-18/h4-10,12-15H,1-3H3. The van der Waals surface area contributed by atoms with E-state index in [4.69, 9.17) is 0 Å². The van der Waals surface area contributed by atoms with Crippen LogP contribution in [0.2, 0.25) is 0 Å². The van der Waals surface area contributed by atoms with E-state index < -0.39 is 11.2 Å². The molecule has 0 spiro atoms. The summed E-state index contributed by atoms with van der Waals surface area (Å²) in [6.07, 6.45) is 5.55. The molecule has 0 fully saturated rings.